The van der Waals surface area contributed by atoms with E-state index in [9.17, 15) is 37.7 Å². The lowest BCUT2D eigenvalue weighted by Crippen LogP contribution is -2.66. The molecule has 250 valence electrons. The van der Waals surface area contributed by atoms with Crippen molar-refractivity contribution in [1.29, 1.82) is 0 Å². The zero-order valence-corrected chi connectivity index (χ0v) is 27.9. The van der Waals surface area contributed by atoms with Crippen molar-refractivity contribution in [3.63, 3.8) is 0 Å². The van der Waals surface area contributed by atoms with Gasteiger partial charge in [0.25, 0.3) is 0 Å². The Bertz CT molecular complexity index is 1220. The molecule has 16 atom stereocenters. The second kappa shape index (κ2) is 11.2. The van der Waals surface area contributed by atoms with Crippen molar-refractivity contribution in [3.8, 4) is 0 Å². The summed E-state index contributed by atoms with van der Waals surface area (Å²) < 4.78 is 67.2. The molecule has 1 heterocycles. The number of phosphoric ester groups is 1. The molecule has 14 heteroatoms. The quantitative estimate of drug-likeness (QED) is 0.190. The van der Waals surface area contributed by atoms with E-state index in [4.69, 9.17) is 13.8 Å². The van der Waals surface area contributed by atoms with Gasteiger partial charge in [0.05, 0.1) is 42.7 Å². The minimum atomic E-state index is -4.84. The van der Waals surface area contributed by atoms with Gasteiger partial charge in [-0.15, -0.1) is 0 Å². The summed E-state index contributed by atoms with van der Waals surface area (Å²) in [6.45, 7) is 12.0. The van der Waals surface area contributed by atoms with Gasteiger partial charge in [-0.05, 0) is 84.4 Å². The molecular formula is C29H51O12PS. The Balaban J connectivity index is 1.56. The van der Waals surface area contributed by atoms with Gasteiger partial charge in [-0.3, -0.25) is 13.6 Å². The van der Waals surface area contributed by atoms with Crippen molar-refractivity contribution in [1.82, 2.24) is 0 Å². The van der Waals surface area contributed by atoms with E-state index < -0.39 is 83.4 Å². The van der Waals surface area contributed by atoms with Crippen LogP contribution >= 0.6 is 7.82 Å². The first-order valence-corrected chi connectivity index (χ1v) is 18.5. The highest BCUT2D eigenvalue weighted by Gasteiger charge is 2.74. The summed E-state index contributed by atoms with van der Waals surface area (Å²) in [5, 5.41) is 35.2. The fourth-order valence-electron chi connectivity index (χ4n) is 10.8. The van der Waals surface area contributed by atoms with E-state index in [0.29, 0.717) is 25.2 Å². The lowest BCUT2D eigenvalue weighted by Gasteiger charge is -2.62. The van der Waals surface area contributed by atoms with E-state index in [0.717, 1.165) is 13.5 Å². The summed E-state index contributed by atoms with van der Waals surface area (Å²) in [7, 11) is -8.21. The van der Waals surface area contributed by atoms with Crippen LogP contribution < -0.4 is 0 Å². The summed E-state index contributed by atoms with van der Waals surface area (Å²) in [4.78, 5) is 10.6. The molecule has 5 fully saturated rings. The number of fused-ring (bicyclic) bond motifs is 7. The molecular weight excluding hydrogens is 603 g/mol. The van der Waals surface area contributed by atoms with Gasteiger partial charge in [0.1, 0.15) is 0 Å². The normalized spacial score (nSPS) is 51.7. The highest BCUT2D eigenvalue weighted by atomic mass is 32.3. The largest absolute Gasteiger partial charge is 0.472 e. The van der Waals surface area contributed by atoms with Crippen molar-refractivity contribution in [2.75, 3.05) is 13.7 Å². The second-order valence-electron chi connectivity index (χ2n) is 15.2. The molecule has 4 saturated carbocycles. The van der Waals surface area contributed by atoms with E-state index in [1.54, 1.807) is 0 Å². The fraction of sp³-hybridized carbons (Fsp3) is 1.00. The first-order valence-electron chi connectivity index (χ1n) is 15.6. The van der Waals surface area contributed by atoms with Crippen LogP contribution in [0.3, 0.4) is 0 Å². The van der Waals surface area contributed by atoms with Gasteiger partial charge in [0.2, 0.25) is 0 Å². The molecule has 1 saturated heterocycles. The molecule has 16 unspecified atom stereocenters. The second-order valence-corrected chi connectivity index (χ2v) is 17.8. The van der Waals surface area contributed by atoms with Gasteiger partial charge in [-0.1, -0.05) is 41.5 Å². The third-order valence-corrected chi connectivity index (χ3v) is 14.3. The van der Waals surface area contributed by atoms with Gasteiger partial charge in [0.15, 0.2) is 0 Å². The molecule has 5 aliphatic rings. The first-order chi connectivity index (χ1) is 19.7. The van der Waals surface area contributed by atoms with E-state index in [1.165, 1.54) is 0 Å². The summed E-state index contributed by atoms with van der Waals surface area (Å²) in [6, 6.07) is 0. The molecule has 12 nitrogen and oxygen atoms in total. The van der Waals surface area contributed by atoms with E-state index in [2.05, 4.69) is 38.8 Å². The van der Waals surface area contributed by atoms with Crippen LogP contribution in [-0.2, 0) is 32.9 Å². The van der Waals surface area contributed by atoms with Crippen LogP contribution in [0, 0.1) is 58.2 Å². The minimum Gasteiger partial charge on any atom is -0.390 e. The van der Waals surface area contributed by atoms with Crippen molar-refractivity contribution in [3.05, 3.63) is 0 Å². The first kappa shape index (κ1) is 34.2. The Kier molecular flexibility index (Phi) is 8.91. The lowest BCUT2D eigenvalue weighted by molar-refractivity contribution is -0.233. The van der Waals surface area contributed by atoms with Crippen molar-refractivity contribution in [2.24, 2.45) is 58.2 Å². The number of aliphatic hydroxyl groups is 3. The molecule has 4 aliphatic carbocycles. The van der Waals surface area contributed by atoms with Gasteiger partial charge >= 0.3 is 18.2 Å². The topological polar surface area (TPSA) is 189 Å². The monoisotopic (exact) mass is 654 g/mol. The van der Waals surface area contributed by atoms with Crippen LogP contribution in [-0.4, -0.2) is 83.0 Å². The fourth-order valence-corrected chi connectivity index (χ4v) is 11.8. The van der Waals surface area contributed by atoms with Gasteiger partial charge < -0.3 is 24.9 Å². The lowest BCUT2D eigenvalue weighted by atomic mass is 9.45. The van der Waals surface area contributed by atoms with Crippen molar-refractivity contribution < 1.29 is 55.7 Å². The summed E-state index contributed by atoms with van der Waals surface area (Å²) >= 11 is 0. The predicted octanol–water partition coefficient (Wildman–Crippen LogP) is 3.18. The highest BCUT2D eigenvalue weighted by molar-refractivity contribution is 7.80. The summed E-state index contributed by atoms with van der Waals surface area (Å²) in [5.41, 5.74) is -2.99. The molecule has 0 spiro atoms. The van der Waals surface area contributed by atoms with Gasteiger partial charge in [0, 0.05) is 13.0 Å². The van der Waals surface area contributed by atoms with E-state index in [-0.39, 0.29) is 36.2 Å². The molecule has 0 aromatic heterocycles. The molecule has 5 N–H and O–H groups in total. The molecule has 0 amide bonds. The minimum absolute atomic E-state index is 0.0329. The Morgan fingerprint density at radius 3 is 2.28 bits per heavy atom. The van der Waals surface area contributed by atoms with Crippen LogP contribution in [0.15, 0.2) is 0 Å². The number of aliphatic hydroxyl groups excluding tert-OH is 2. The maximum absolute atomic E-state index is 13.0. The number of phosphoric acid groups is 1. The zero-order valence-electron chi connectivity index (χ0n) is 26.2. The predicted molar refractivity (Wildman–Crippen MR) is 155 cm³/mol. The van der Waals surface area contributed by atoms with Gasteiger partial charge in [-0.2, -0.15) is 8.42 Å². The average Bonchev–Trinajstić information content (AvgIpc) is 3.33. The zero-order chi connectivity index (χ0) is 32.1. The smallest absolute Gasteiger partial charge is 0.390 e. The van der Waals surface area contributed by atoms with Gasteiger partial charge in [-0.25, -0.2) is 8.75 Å². The molecule has 1 aliphatic heterocycles. The summed E-state index contributed by atoms with van der Waals surface area (Å²) in [6.07, 6.45) is -1.58. The Morgan fingerprint density at radius 1 is 1.05 bits per heavy atom. The summed E-state index contributed by atoms with van der Waals surface area (Å²) in [5.74, 6) is -1.44. The van der Waals surface area contributed by atoms with E-state index >= 15 is 0 Å². The third kappa shape index (κ3) is 5.50. The van der Waals surface area contributed by atoms with Crippen molar-refractivity contribution >= 4 is 18.2 Å². The number of hydrogen-bond donors (Lipinski definition) is 5. The Morgan fingerprint density at radius 2 is 1.70 bits per heavy atom. The Hall–Kier alpha value is -0.180. The van der Waals surface area contributed by atoms with Crippen LogP contribution in [0.2, 0.25) is 0 Å². The maximum atomic E-state index is 13.0. The number of rotatable bonds is 8. The van der Waals surface area contributed by atoms with Crippen LogP contribution in [0.4, 0.5) is 0 Å². The molecule has 0 aromatic carbocycles. The maximum Gasteiger partial charge on any atom is 0.472 e. The van der Waals surface area contributed by atoms with E-state index in [1.807, 2.05) is 6.92 Å². The average molecular weight is 655 g/mol. The molecule has 0 radical (unpaired) electrons. The highest BCUT2D eigenvalue weighted by Crippen LogP contribution is 2.72. The Labute approximate surface area is 255 Å². The van der Waals surface area contributed by atoms with Crippen LogP contribution in [0.25, 0.3) is 0 Å². The third-order valence-electron chi connectivity index (χ3n) is 12.9. The molecule has 5 rings (SSSR count). The molecule has 0 aromatic rings. The van der Waals surface area contributed by atoms with Crippen molar-refractivity contribution in [2.45, 2.75) is 110 Å². The number of hydrogen-bond acceptors (Lipinski definition) is 10. The molecule has 43 heavy (non-hydrogen) atoms. The van der Waals surface area contributed by atoms with Crippen LogP contribution in [0.5, 0.6) is 0 Å². The van der Waals surface area contributed by atoms with Crippen LogP contribution in [0.1, 0.15) is 73.6 Å². The SMILES string of the molecule is COP(=O)(O)OC1C2OC(C(C)C(C)C)CC(C)C2C2(C)CCC3C(C(O)C(O)C4C(O)(COS(=O)(=O)O)CCC34C)C12. The number of ether oxygens (including phenoxy) is 1. The molecule has 0 bridgehead atoms. The standard InChI is InChI=1S/C29H51O12PS/c1-14(2)16(4)18-12-15(3)20-24(40-18)25(41-42(33,34)38-7)21-19-17(8-9-28(20,21)6)27(5)10-11-29(32,13-39-43(35,36)37)26(27)23(31)22(19)30/h14-26,30-32H,8-13H2,1-7H3,(H,33,34)(H,35,36,37).